The van der Waals surface area contributed by atoms with E-state index in [1.165, 1.54) is 27.0 Å². The van der Waals surface area contributed by atoms with Gasteiger partial charge in [-0.1, -0.05) is 30.3 Å². The first-order chi connectivity index (χ1) is 19.5. The number of carbonyl (C=O) groups excluding carboxylic acids is 1. The van der Waals surface area contributed by atoms with E-state index in [9.17, 15) is 21.6 Å². The van der Waals surface area contributed by atoms with Crippen LogP contribution in [0.2, 0.25) is 0 Å². The molecule has 1 heterocycles. The predicted molar refractivity (Wildman–Crippen MR) is 157 cm³/mol. The van der Waals surface area contributed by atoms with E-state index >= 15 is 0 Å². The number of carbonyl (C=O) groups is 1. The largest absolute Gasteiger partial charge is 0.492 e. The van der Waals surface area contributed by atoms with Crippen molar-refractivity contribution in [3.05, 3.63) is 89.0 Å². The van der Waals surface area contributed by atoms with Crippen LogP contribution in [0.15, 0.2) is 71.6 Å². The normalized spacial score (nSPS) is 14.4. The van der Waals surface area contributed by atoms with Crippen molar-refractivity contribution in [2.75, 3.05) is 50.0 Å². The Bertz CT molecular complexity index is 1550. The third kappa shape index (κ3) is 7.64. The summed E-state index contributed by atoms with van der Waals surface area (Å²) in [5.41, 5.74) is 3.57. The molecule has 1 fully saturated rings. The van der Waals surface area contributed by atoms with Crippen LogP contribution in [0.5, 0.6) is 5.75 Å². The molecule has 0 unspecified atom stereocenters. The number of amides is 1. The van der Waals surface area contributed by atoms with Crippen LogP contribution < -0.4 is 14.4 Å². The van der Waals surface area contributed by atoms with Crippen LogP contribution in [-0.2, 0) is 31.3 Å². The summed E-state index contributed by atoms with van der Waals surface area (Å²) < 4.78 is 64.3. The van der Waals surface area contributed by atoms with Gasteiger partial charge in [0.05, 0.1) is 43.1 Å². The summed E-state index contributed by atoms with van der Waals surface area (Å²) in [6.07, 6.45) is 1.19. The Kier molecular flexibility index (Phi) is 9.69. The molecule has 0 spiro atoms. The number of sulfonamides is 2. The number of para-hydroxylation sites is 1. The van der Waals surface area contributed by atoms with Gasteiger partial charge in [-0.25, -0.2) is 16.8 Å². The van der Waals surface area contributed by atoms with Gasteiger partial charge in [-0.05, 0) is 66.9 Å². The van der Waals surface area contributed by atoms with E-state index in [0.29, 0.717) is 43.3 Å². The second-order valence-corrected chi connectivity index (χ2v) is 13.6. The van der Waals surface area contributed by atoms with Gasteiger partial charge in [0.2, 0.25) is 20.0 Å². The van der Waals surface area contributed by atoms with Crippen molar-refractivity contribution >= 4 is 31.6 Å². The second-order valence-electron chi connectivity index (χ2n) is 9.80. The summed E-state index contributed by atoms with van der Waals surface area (Å²) in [6.45, 7) is 5.75. The van der Waals surface area contributed by atoms with Crippen LogP contribution >= 0.6 is 0 Å². The van der Waals surface area contributed by atoms with Gasteiger partial charge < -0.3 is 14.8 Å². The summed E-state index contributed by atoms with van der Waals surface area (Å²) in [7, 11) is -7.11. The average molecular weight is 602 g/mol. The first-order valence-corrected chi connectivity index (χ1v) is 16.5. The number of nitrogens with one attached hydrogen (secondary N) is 1. The highest BCUT2D eigenvalue weighted by molar-refractivity contribution is 7.92. The van der Waals surface area contributed by atoms with Crippen LogP contribution in [0.25, 0.3) is 0 Å². The standard InChI is InChI=1S/C29H35N3O7S2/c1-22-5-4-6-23(2)28(22)32(40(3,34)35)21-24-7-9-25(10-8-24)29(33)30-15-18-39-26-11-13-27(14-12-26)41(36,37)31-16-19-38-20-17-31/h4-14H,15-21H2,1-3H3,(H,30,33). The molecule has 1 aliphatic rings. The third-order valence-electron chi connectivity index (χ3n) is 6.72. The zero-order valence-electron chi connectivity index (χ0n) is 23.4. The average Bonchev–Trinajstić information content (AvgIpc) is 2.95. The molecule has 1 amide bonds. The molecule has 3 aromatic carbocycles. The molecule has 41 heavy (non-hydrogen) atoms. The van der Waals surface area contributed by atoms with Gasteiger partial charge in [-0.2, -0.15) is 4.31 Å². The fraction of sp³-hybridized carbons (Fsp3) is 0.345. The number of nitrogens with zero attached hydrogens (tertiary/aromatic N) is 2. The van der Waals surface area contributed by atoms with Crippen LogP contribution in [-0.4, -0.2) is 72.8 Å². The van der Waals surface area contributed by atoms with E-state index < -0.39 is 20.0 Å². The van der Waals surface area contributed by atoms with Crippen molar-refractivity contribution in [2.45, 2.75) is 25.3 Å². The molecule has 0 bridgehead atoms. The highest BCUT2D eigenvalue weighted by Crippen LogP contribution is 2.28. The summed E-state index contributed by atoms with van der Waals surface area (Å²) in [5.74, 6) is 0.200. The maximum absolute atomic E-state index is 12.7. The lowest BCUT2D eigenvalue weighted by Crippen LogP contribution is -2.40. The second kappa shape index (κ2) is 13.0. The Hall–Kier alpha value is -3.45. The monoisotopic (exact) mass is 601 g/mol. The minimum Gasteiger partial charge on any atom is -0.492 e. The summed E-state index contributed by atoms with van der Waals surface area (Å²) >= 11 is 0. The highest BCUT2D eigenvalue weighted by Gasteiger charge is 2.26. The number of ether oxygens (including phenoxy) is 2. The molecule has 1 aliphatic heterocycles. The Morgan fingerprint density at radius 2 is 1.54 bits per heavy atom. The summed E-state index contributed by atoms with van der Waals surface area (Å²) in [4.78, 5) is 12.8. The summed E-state index contributed by atoms with van der Waals surface area (Å²) in [6, 6.07) is 18.6. The first kappa shape index (κ1) is 30.5. The molecular weight excluding hydrogens is 566 g/mol. The van der Waals surface area contributed by atoms with Gasteiger partial charge in [0.15, 0.2) is 0 Å². The molecule has 1 N–H and O–H groups in total. The maximum Gasteiger partial charge on any atom is 0.251 e. The van der Waals surface area contributed by atoms with E-state index in [0.717, 1.165) is 16.7 Å². The Morgan fingerprint density at radius 1 is 0.927 bits per heavy atom. The van der Waals surface area contributed by atoms with Crippen molar-refractivity contribution in [1.82, 2.24) is 9.62 Å². The molecule has 0 saturated carbocycles. The maximum atomic E-state index is 12.7. The van der Waals surface area contributed by atoms with Crippen molar-refractivity contribution in [1.29, 1.82) is 0 Å². The molecule has 3 aromatic rings. The Labute approximate surface area is 242 Å². The van der Waals surface area contributed by atoms with Crippen molar-refractivity contribution in [3.63, 3.8) is 0 Å². The lowest BCUT2D eigenvalue weighted by atomic mass is 10.1. The minimum absolute atomic E-state index is 0.146. The molecule has 12 heteroatoms. The number of hydrogen-bond donors (Lipinski definition) is 1. The SMILES string of the molecule is Cc1cccc(C)c1N(Cc1ccc(C(=O)NCCOc2ccc(S(=O)(=O)N3CCOCC3)cc2)cc1)S(C)(=O)=O. The topological polar surface area (TPSA) is 122 Å². The van der Waals surface area contributed by atoms with Gasteiger partial charge >= 0.3 is 0 Å². The molecule has 1 saturated heterocycles. The van der Waals surface area contributed by atoms with Gasteiger partial charge in [-0.15, -0.1) is 0 Å². The number of hydrogen-bond acceptors (Lipinski definition) is 7. The lowest BCUT2D eigenvalue weighted by Gasteiger charge is -2.26. The van der Waals surface area contributed by atoms with E-state index in [2.05, 4.69) is 5.32 Å². The number of benzene rings is 3. The third-order valence-corrected chi connectivity index (χ3v) is 9.74. The van der Waals surface area contributed by atoms with E-state index in [-0.39, 0.29) is 30.5 Å². The fourth-order valence-corrected chi connectivity index (χ4v) is 6.98. The minimum atomic E-state index is -3.57. The van der Waals surface area contributed by atoms with Crippen molar-refractivity contribution < 1.29 is 31.1 Å². The van der Waals surface area contributed by atoms with E-state index in [4.69, 9.17) is 9.47 Å². The van der Waals surface area contributed by atoms with Crippen LogP contribution in [0.1, 0.15) is 27.0 Å². The van der Waals surface area contributed by atoms with Gasteiger partial charge in [0.25, 0.3) is 5.91 Å². The molecular formula is C29H35N3O7S2. The molecule has 4 rings (SSSR count). The molecule has 0 radical (unpaired) electrons. The Balaban J connectivity index is 1.29. The first-order valence-electron chi connectivity index (χ1n) is 13.2. The molecule has 0 atom stereocenters. The predicted octanol–water partition coefficient (Wildman–Crippen LogP) is 3.10. The molecule has 220 valence electrons. The Morgan fingerprint density at radius 3 is 2.12 bits per heavy atom. The number of rotatable bonds is 11. The van der Waals surface area contributed by atoms with Gasteiger partial charge in [-0.3, -0.25) is 9.10 Å². The molecule has 0 aliphatic carbocycles. The van der Waals surface area contributed by atoms with Crippen molar-refractivity contribution in [3.8, 4) is 5.75 Å². The van der Waals surface area contributed by atoms with Crippen molar-refractivity contribution in [2.24, 2.45) is 0 Å². The zero-order valence-corrected chi connectivity index (χ0v) is 25.0. The number of aryl methyl sites for hydroxylation is 2. The van der Waals surface area contributed by atoms with Crippen LogP contribution in [0.3, 0.4) is 0 Å². The quantitative estimate of drug-likeness (QED) is 0.335. The van der Waals surface area contributed by atoms with Gasteiger partial charge in [0, 0.05) is 18.7 Å². The van der Waals surface area contributed by atoms with Gasteiger partial charge in [0.1, 0.15) is 12.4 Å². The smallest absolute Gasteiger partial charge is 0.251 e. The fourth-order valence-electron chi connectivity index (χ4n) is 4.57. The van der Waals surface area contributed by atoms with E-state index in [1.54, 1.807) is 36.4 Å². The van der Waals surface area contributed by atoms with Crippen LogP contribution in [0.4, 0.5) is 5.69 Å². The summed E-state index contributed by atoms with van der Waals surface area (Å²) in [5, 5.41) is 2.79. The number of anilines is 1. The lowest BCUT2D eigenvalue weighted by molar-refractivity contribution is 0.0730. The van der Waals surface area contributed by atoms with E-state index in [1.807, 2.05) is 32.0 Å². The number of morpholine rings is 1. The highest BCUT2D eigenvalue weighted by atomic mass is 32.2. The molecule has 10 nitrogen and oxygen atoms in total. The molecule has 0 aromatic heterocycles. The van der Waals surface area contributed by atoms with Crippen LogP contribution in [0, 0.1) is 13.8 Å². The zero-order chi connectivity index (χ0) is 29.6.